The van der Waals surface area contributed by atoms with Gasteiger partial charge in [-0.2, -0.15) is 0 Å². The van der Waals surface area contributed by atoms with Crippen molar-refractivity contribution in [3.63, 3.8) is 0 Å². The van der Waals surface area contributed by atoms with E-state index in [0.717, 1.165) is 7.11 Å². The number of hydrogen-bond donors (Lipinski definition) is 0. The average molecular weight is 410 g/mol. The first-order valence-corrected chi connectivity index (χ1v) is 8.74. The molecule has 0 atom stereocenters. The maximum atomic E-state index is 12.6. The number of ether oxygens (including phenoxy) is 4. The van der Waals surface area contributed by atoms with Crippen molar-refractivity contribution in [3.05, 3.63) is 58.7 Å². The number of carbonyl (C=O) groups excluding carboxylic acids is 4. The van der Waals surface area contributed by atoms with Crippen molar-refractivity contribution in [1.82, 2.24) is 0 Å². The molecule has 0 spiro atoms. The molecule has 0 heterocycles. The lowest BCUT2D eigenvalue weighted by Crippen LogP contribution is -2.15. The zero-order valence-electron chi connectivity index (χ0n) is 16.7. The minimum atomic E-state index is -0.814. The second-order valence-corrected chi connectivity index (χ2v) is 6.24. The minimum Gasteiger partial charge on any atom is -0.465 e. The number of hydrogen-bond acceptors (Lipinski definition) is 8. The third kappa shape index (κ3) is 3.32. The molecule has 8 heteroatoms. The van der Waals surface area contributed by atoms with Gasteiger partial charge in [-0.25, -0.2) is 19.2 Å². The van der Waals surface area contributed by atoms with Gasteiger partial charge in [0.05, 0.1) is 50.7 Å². The van der Waals surface area contributed by atoms with Crippen LogP contribution in [-0.2, 0) is 18.9 Å². The monoisotopic (exact) mass is 410 g/mol. The number of esters is 4. The lowest BCUT2D eigenvalue weighted by molar-refractivity contribution is 0.0555. The molecule has 0 N–H and O–H groups in total. The van der Waals surface area contributed by atoms with Gasteiger partial charge in [0.15, 0.2) is 0 Å². The summed E-state index contributed by atoms with van der Waals surface area (Å²) < 4.78 is 19.3. The van der Waals surface area contributed by atoms with Crippen LogP contribution in [0.2, 0.25) is 0 Å². The molecule has 0 aliphatic carbocycles. The summed E-state index contributed by atoms with van der Waals surface area (Å²) in [7, 11) is 4.80. The Labute approximate surface area is 171 Å². The summed E-state index contributed by atoms with van der Waals surface area (Å²) in [5.41, 5.74) is 0.115. The van der Waals surface area contributed by atoms with E-state index in [2.05, 4.69) is 0 Å². The summed E-state index contributed by atoms with van der Waals surface area (Å²) in [6, 6.07) is 9.37. The predicted octanol–water partition coefficient (Wildman–Crippen LogP) is 3.14. The van der Waals surface area contributed by atoms with E-state index in [1.54, 1.807) is 30.3 Å². The van der Waals surface area contributed by atoms with Gasteiger partial charge in [-0.05, 0) is 45.8 Å². The van der Waals surface area contributed by atoms with Crippen molar-refractivity contribution in [3.8, 4) is 0 Å². The van der Waals surface area contributed by atoms with Crippen LogP contribution in [0.3, 0.4) is 0 Å². The maximum absolute atomic E-state index is 12.6. The van der Waals surface area contributed by atoms with Gasteiger partial charge in [-0.1, -0.05) is 12.1 Å². The first kappa shape index (κ1) is 20.8. The van der Waals surface area contributed by atoms with Crippen LogP contribution in [0.5, 0.6) is 0 Å². The Morgan fingerprint density at radius 2 is 1.13 bits per heavy atom. The number of rotatable bonds is 4. The molecule has 0 fully saturated rings. The second kappa shape index (κ2) is 8.20. The Morgan fingerprint density at radius 3 is 1.73 bits per heavy atom. The average Bonchev–Trinajstić information content (AvgIpc) is 2.79. The number of carbonyl (C=O) groups is 4. The third-order valence-electron chi connectivity index (χ3n) is 4.74. The van der Waals surface area contributed by atoms with Crippen molar-refractivity contribution in [2.75, 3.05) is 28.4 Å². The molecule has 0 unspecified atom stereocenters. The van der Waals surface area contributed by atoms with Crippen LogP contribution in [0.15, 0.2) is 36.4 Å². The molecule has 0 radical (unpaired) electrons. The van der Waals surface area contributed by atoms with Gasteiger partial charge in [0.1, 0.15) is 0 Å². The van der Waals surface area contributed by atoms with Crippen LogP contribution in [0.4, 0.5) is 0 Å². The quantitative estimate of drug-likeness (QED) is 0.367. The first-order valence-electron chi connectivity index (χ1n) is 8.74. The standard InChI is InChI=1S/C22H18O8/c1-27-19(23)12-7-5-6-11-8-15-14(9-13(11)12)16(20(24)28-2)10-17(21(25)29-3)18(15)22(26)30-4/h5-10H,1-4H3. The van der Waals surface area contributed by atoms with E-state index >= 15 is 0 Å². The van der Waals surface area contributed by atoms with Crippen LogP contribution in [0.25, 0.3) is 21.5 Å². The van der Waals surface area contributed by atoms with Gasteiger partial charge >= 0.3 is 23.9 Å². The lowest BCUT2D eigenvalue weighted by Gasteiger charge is -2.15. The Morgan fingerprint density at radius 1 is 0.567 bits per heavy atom. The summed E-state index contributed by atoms with van der Waals surface area (Å²) in [5, 5.41) is 1.68. The SMILES string of the molecule is COC(=O)c1cc(C(=O)OC)c2cc3c(C(=O)OC)cccc3cc2c1C(=O)OC. The van der Waals surface area contributed by atoms with E-state index in [1.165, 1.54) is 27.4 Å². The fourth-order valence-electron chi connectivity index (χ4n) is 3.35. The molecule has 0 saturated heterocycles. The maximum Gasteiger partial charge on any atom is 0.339 e. The van der Waals surface area contributed by atoms with Gasteiger partial charge in [-0.3, -0.25) is 0 Å². The van der Waals surface area contributed by atoms with Gasteiger partial charge in [0.25, 0.3) is 0 Å². The molecule has 30 heavy (non-hydrogen) atoms. The smallest absolute Gasteiger partial charge is 0.339 e. The number of methoxy groups -OCH3 is 4. The van der Waals surface area contributed by atoms with E-state index in [9.17, 15) is 19.2 Å². The fourth-order valence-corrected chi connectivity index (χ4v) is 3.35. The molecule has 0 aliphatic rings. The van der Waals surface area contributed by atoms with Crippen molar-refractivity contribution < 1.29 is 38.1 Å². The van der Waals surface area contributed by atoms with Crippen LogP contribution < -0.4 is 0 Å². The first-order chi connectivity index (χ1) is 14.4. The largest absolute Gasteiger partial charge is 0.465 e. The minimum absolute atomic E-state index is 0.0297. The zero-order valence-corrected chi connectivity index (χ0v) is 16.7. The molecule has 0 bridgehead atoms. The highest BCUT2D eigenvalue weighted by molar-refractivity contribution is 6.21. The van der Waals surface area contributed by atoms with Gasteiger partial charge < -0.3 is 18.9 Å². The molecule has 3 aromatic rings. The van der Waals surface area contributed by atoms with E-state index in [1.807, 2.05) is 0 Å². The highest BCUT2D eigenvalue weighted by Gasteiger charge is 2.27. The Bertz CT molecular complexity index is 1210. The zero-order chi connectivity index (χ0) is 22.0. The van der Waals surface area contributed by atoms with Crippen molar-refractivity contribution >= 4 is 45.4 Å². The molecule has 0 saturated carbocycles. The number of benzene rings is 3. The highest BCUT2D eigenvalue weighted by Crippen LogP contribution is 2.33. The van der Waals surface area contributed by atoms with E-state index in [-0.39, 0.29) is 27.6 Å². The molecule has 154 valence electrons. The Balaban J connectivity index is 2.56. The topological polar surface area (TPSA) is 105 Å². The van der Waals surface area contributed by atoms with Crippen molar-refractivity contribution in [1.29, 1.82) is 0 Å². The Kier molecular flexibility index (Phi) is 5.68. The van der Waals surface area contributed by atoms with Gasteiger partial charge in [0.2, 0.25) is 0 Å². The van der Waals surface area contributed by atoms with Crippen molar-refractivity contribution in [2.24, 2.45) is 0 Å². The highest BCUT2D eigenvalue weighted by atomic mass is 16.5. The molecule has 3 rings (SSSR count). The molecular weight excluding hydrogens is 392 g/mol. The molecule has 8 nitrogen and oxygen atoms in total. The van der Waals surface area contributed by atoms with Gasteiger partial charge in [-0.15, -0.1) is 0 Å². The summed E-state index contributed by atoms with van der Waals surface area (Å²) in [6.07, 6.45) is 0. The molecule has 0 aliphatic heterocycles. The summed E-state index contributed by atoms with van der Waals surface area (Å²) in [4.78, 5) is 49.6. The molecule has 0 amide bonds. The normalized spacial score (nSPS) is 10.5. The number of fused-ring (bicyclic) bond motifs is 2. The fraction of sp³-hybridized carbons (Fsp3) is 0.182. The van der Waals surface area contributed by atoms with E-state index < -0.39 is 23.9 Å². The molecular formula is C22H18O8. The summed E-state index contributed by atoms with van der Waals surface area (Å²) in [6.45, 7) is 0. The summed E-state index contributed by atoms with van der Waals surface area (Å²) >= 11 is 0. The van der Waals surface area contributed by atoms with E-state index in [0.29, 0.717) is 16.2 Å². The molecule has 0 aromatic heterocycles. The van der Waals surface area contributed by atoms with Crippen LogP contribution in [0, 0.1) is 0 Å². The van der Waals surface area contributed by atoms with Crippen LogP contribution in [0.1, 0.15) is 41.4 Å². The third-order valence-corrected chi connectivity index (χ3v) is 4.74. The Hall–Kier alpha value is -3.94. The summed E-state index contributed by atoms with van der Waals surface area (Å²) in [5.74, 6) is -2.87. The van der Waals surface area contributed by atoms with Crippen LogP contribution in [-0.4, -0.2) is 52.3 Å². The molecule has 3 aromatic carbocycles. The van der Waals surface area contributed by atoms with Crippen molar-refractivity contribution in [2.45, 2.75) is 0 Å². The van der Waals surface area contributed by atoms with Crippen LogP contribution >= 0.6 is 0 Å². The second-order valence-electron chi connectivity index (χ2n) is 6.24. The lowest BCUT2D eigenvalue weighted by atomic mass is 9.91. The van der Waals surface area contributed by atoms with E-state index in [4.69, 9.17) is 18.9 Å². The van der Waals surface area contributed by atoms with Gasteiger partial charge in [0, 0.05) is 0 Å². The predicted molar refractivity (Wildman–Crippen MR) is 107 cm³/mol.